The van der Waals surface area contributed by atoms with Gasteiger partial charge in [0.1, 0.15) is 17.9 Å². The quantitative estimate of drug-likeness (QED) is 0.939. The maximum Gasteiger partial charge on any atom is 0.339 e. The highest BCUT2D eigenvalue weighted by Crippen LogP contribution is 2.28. The van der Waals surface area contributed by atoms with Gasteiger partial charge in [-0.3, -0.25) is 0 Å². The Hall–Kier alpha value is -1.82. The molecule has 1 N–H and O–H groups in total. The molecule has 0 atom stereocenters. The van der Waals surface area contributed by atoms with Crippen molar-refractivity contribution in [2.75, 3.05) is 0 Å². The van der Waals surface area contributed by atoms with Crippen LogP contribution in [0.25, 0.3) is 0 Å². The number of ether oxygens (including phenoxy) is 1. The number of nitrogens with zero attached hydrogens (tertiary/aromatic N) is 2. The highest BCUT2D eigenvalue weighted by atomic mass is 79.9. The minimum Gasteiger partial charge on any atom is -0.486 e. The molecule has 1 aromatic carbocycles. The number of aromatic carboxylic acids is 1. The predicted octanol–water partition coefficient (Wildman–Crippen LogP) is 2.77. The molecule has 0 saturated heterocycles. The topological polar surface area (TPSA) is 64.3 Å². The SMILES string of the molecule is Cc1cc(Br)cc(C(=O)O)c1OCc1cncn1C. The fourth-order valence-corrected chi connectivity index (χ4v) is 2.32. The van der Waals surface area contributed by atoms with Gasteiger partial charge in [0.2, 0.25) is 0 Å². The molecule has 0 saturated carbocycles. The zero-order chi connectivity index (χ0) is 14.0. The van der Waals surface area contributed by atoms with Gasteiger partial charge in [0.25, 0.3) is 0 Å². The van der Waals surface area contributed by atoms with Crippen LogP contribution >= 0.6 is 15.9 Å². The van der Waals surface area contributed by atoms with E-state index < -0.39 is 5.97 Å². The number of rotatable bonds is 4. The molecule has 1 heterocycles. The first kappa shape index (κ1) is 13.6. The van der Waals surface area contributed by atoms with E-state index in [4.69, 9.17) is 4.74 Å². The van der Waals surface area contributed by atoms with E-state index in [1.165, 1.54) is 6.07 Å². The summed E-state index contributed by atoms with van der Waals surface area (Å²) in [5, 5.41) is 9.21. The third-order valence-electron chi connectivity index (χ3n) is 2.75. The fraction of sp³-hybridized carbons (Fsp3) is 0.231. The average Bonchev–Trinajstić information content (AvgIpc) is 2.73. The van der Waals surface area contributed by atoms with Gasteiger partial charge in [0, 0.05) is 11.5 Å². The van der Waals surface area contributed by atoms with Crippen LogP contribution in [0.2, 0.25) is 0 Å². The molecule has 0 fully saturated rings. The van der Waals surface area contributed by atoms with Gasteiger partial charge in [-0.2, -0.15) is 0 Å². The lowest BCUT2D eigenvalue weighted by Crippen LogP contribution is -2.07. The van der Waals surface area contributed by atoms with E-state index in [1.807, 2.05) is 24.6 Å². The van der Waals surface area contributed by atoms with Crippen molar-refractivity contribution >= 4 is 21.9 Å². The number of carbonyl (C=O) groups is 1. The molecule has 0 aliphatic heterocycles. The number of hydrogen-bond donors (Lipinski definition) is 1. The van der Waals surface area contributed by atoms with E-state index in [2.05, 4.69) is 20.9 Å². The van der Waals surface area contributed by atoms with Crippen molar-refractivity contribution in [2.24, 2.45) is 7.05 Å². The summed E-state index contributed by atoms with van der Waals surface area (Å²) in [6.07, 6.45) is 3.36. The van der Waals surface area contributed by atoms with Crippen LogP contribution in [0, 0.1) is 6.92 Å². The summed E-state index contributed by atoms with van der Waals surface area (Å²) in [5.41, 5.74) is 1.79. The number of carboxylic acids is 1. The summed E-state index contributed by atoms with van der Waals surface area (Å²) in [6, 6.07) is 3.36. The van der Waals surface area contributed by atoms with Crippen LogP contribution in [0.4, 0.5) is 0 Å². The molecule has 5 nitrogen and oxygen atoms in total. The minimum atomic E-state index is -1.01. The third-order valence-corrected chi connectivity index (χ3v) is 3.21. The Labute approximate surface area is 119 Å². The summed E-state index contributed by atoms with van der Waals surface area (Å²) in [6.45, 7) is 2.09. The molecule has 0 unspecified atom stereocenters. The second kappa shape index (κ2) is 5.44. The normalized spacial score (nSPS) is 10.5. The molecule has 0 bridgehead atoms. The number of hydrogen-bond acceptors (Lipinski definition) is 3. The number of carboxylic acid groups (broad SMARTS) is 1. The lowest BCUT2D eigenvalue weighted by molar-refractivity contribution is 0.0691. The smallest absolute Gasteiger partial charge is 0.339 e. The van der Waals surface area contributed by atoms with Crippen molar-refractivity contribution < 1.29 is 14.6 Å². The van der Waals surface area contributed by atoms with E-state index in [-0.39, 0.29) is 12.2 Å². The van der Waals surface area contributed by atoms with Gasteiger partial charge in [0.15, 0.2) is 0 Å². The van der Waals surface area contributed by atoms with Crippen molar-refractivity contribution in [1.82, 2.24) is 9.55 Å². The van der Waals surface area contributed by atoms with E-state index in [0.29, 0.717) is 5.75 Å². The van der Waals surface area contributed by atoms with Crippen LogP contribution in [-0.4, -0.2) is 20.6 Å². The van der Waals surface area contributed by atoms with Crippen LogP contribution in [0.3, 0.4) is 0 Å². The number of aromatic nitrogens is 2. The molecule has 0 aliphatic carbocycles. The Morgan fingerprint density at radius 3 is 2.84 bits per heavy atom. The molecule has 2 rings (SSSR count). The number of halogens is 1. The maximum atomic E-state index is 11.2. The standard InChI is InChI=1S/C13H13BrN2O3/c1-8-3-9(14)4-11(13(17)18)12(8)19-6-10-5-15-7-16(10)2/h3-5,7H,6H2,1-2H3,(H,17,18). The molecular weight excluding hydrogens is 312 g/mol. The summed E-state index contributed by atoms with van der Waals surface area (Å²) >= 11 is 3.28. The van der Waals surface area contributed by atoms with Crippen molar-refractivity contribution in [3.8, 4) is 5.75 Å². The highest BCUT2D eigenvalue weighted by molar-refractivity contribution is 9.10. The van der Waals surface area contributed by atoms with Gasteiger partial charge < -0.3 is 14.4 Å². The summed E-state index contributed by atoms with van der Waals surface area (Å²) in [5.74, 6) is -0.624. The Kier molecular flexibility index (Phi) is 3.90. The van der Waals surface area contributed by atoms with Crippen LogP contribution < -0.4 is 4.74 Å². The van der Waals surface area contributed by atoms with E-state index >= 15 is 0 Å². The Morgan fingerprint density at radius 2 is 2.26 bits per heavy atom. The van der Waals surface area contributed by atoms with Gasteiger partial charge in [-0.1, -0.05) is 15.9 Å². The molecule has 6 heteroatoms. The molecule has 19 heavy (non-hydrogen) atoms. The molecule has 1 aromatic heterocycles. The van der Waals surface area contributed by atoms with Crippen LogP contribution in [-0.2, 0) is 13.7 Å². The lowest BCUT2D eigenvalue weighted by Gasteiger charge is -2.12. The van der Waals surface area contributed by atoms with E-state index in [0.717, 1.165) is 15.7 Å². The third kappa shape index (κ3) is 2.96. The first-order valence-electron chi connectivity index (χ1n) is 5.60. The van der Waals surface area contributed by atoms with Crippen molar-refractivity contribution in [1.29, 1.82) is 0 Å². The monoisotopic (exact) mass is 324 g/mol. The first-order valence-corrected chi connectivity index (χ1v) is 6.39. The van der Waals surface area contributed by atoms with Gasteiger partial charge in [-0.15, -0.1) is 0 Å². The van der Waals surface area contributed by atoms with Crippen LogP contribution in [0.5, 0.6) is 5.75 Å². The zero-order valence-electron chi connectivity index (χ0n) is 10.6. The lowest BCUT2D eigenvalue weighted by atomic mass is 10.1. The Balaban J connectivity index is 2.29. The Bertz CT molecular complexity index is 622. The van der Waals surface area contributed by atoms with Crippen molar-refractivity contribution in [3.63, 3.8) is 0 Å². The minimum absolute atomic E-state index is 0.147. The molecule has 0 radical (unpaired) electrons. The van der Waals surface area contributed by atoms with Crippen molar-refractivity contribution in [2.45, 2.75) is 13.5 Å². The number of aryl methyl sites for hydroxylation is 2. The van der Waals surface area contributed by atoms with Gasteiger partial charge in [-0.25, -0.2) is 9.78 Å². The largest absolute Gasteiger partial charge is 0.486 e. The number of benzene rings is 1. The summed E-state index contributed by atoms with van der Waals surface area (Å²) < 4.78 is 8.19. The predicted molar refractivity (Wildman–Crippen MR) is 73.4 cm³/mol. The van der Waals surface area contributed by atoms with E-state index in [1.54, 1.807) is 12.5 Å². The zero-order valence-corrected chi connectivity index (χ0v) is 12.1. The van der Waals surface area contributed by atoms with Gasteiger partial charge in [-0.05, 0) is 24.6 Å². The molecule has 0 aliphatic rings. The van der Waals surface area contributed by atoms with Crippen LogP contribution in [0.1, 0.15) is 21.6 Å². The van der Waals surface area contributed by atoms with E-state index in [9.17, 15) is 9.90 Å². The highest BCUT2D eigenvalue weighted by Gasteiger charge is 2.15. The average molecular weight is 325 g/mol. The maximum absolute atomic E-state index is 11.2. The number of imidazole rings is 1. The second-order valence-corrected chi connectivity index (χ2v) is 5.10. The van der Waals surface area contributed by atoms with Gasteiger partial charge in [0.05, 0.1) is 18.2 Å². The summed E-state index contributed by atoms with van der Waals surface area (Å²) in [4.78, 5) is 15.2. The fourth-order valence-electron chi connectivity index (χ4n) is 1.75. The Morgan fingerprint density at radius 1 is 1.53 bits per heavy atom. The van der Waals surface area contributed by atoms with Crippen LogP contribution in [0.15, 0.2) is 29.1 Å². The van der Waals surface area contributed by atoms with Gasteiger partial charge >= 0.3 is 5.97 Å². The summed E-state index contributed by atoms with van der Waals surface area (Å²) in [7, 11) is 1.86. The molecule has 0 amide bonds. The van der Waals surface area contributed by atoms with Crippen molar-refractivity contribution in [3.05, 3.63) is 46.0 Å². The molecular formula is C13H13BrN2O3. The molecule has 0 spiro atoms. The molecule has 100 valence electrons. The molecule has 2 aromatic rings. The second-order valence-electron chi connectivity index (χ2n) is 4.19. The first-order chi connectivity index (χ1) is 8.99.